The standard InChI is InChI=1S/C24H31N3O4S/c1-30-18-10-8-17(9-11-18)12-13-25-22(28)16-32-23-20-6-2-3-7-21(20)27(24(29)26-23)15-19-5-4-14-31-19/h8-11,19H,2-7,12-16H2,1H3,(H,25,28). The monoisotopic (exact) mass is 457 g/mol. The van der Waals surface area contributed by atoms with E-state index >= 15 is 0 Å². The molecule has 1 fully saturated rings. The van der Waals surface area contributed by atoms with E-state index < -0.39 is 0 Å². The van der Waals surface area contributed by atoms with Crippen molar-refractivity contribution in [2.75, 3.05) is 26.0 Å². The van der Waals surface area contributed by atoms with Crippen LogP contribution in [0.25, 0.3) is 0 Å². The molecule has 0 spiro atoms. The second-order valence-electron chi connectivity index (χ2n) is 8.31. The van der Waals surface area contributed by atoms with Gasteiger partial charge in [-0.15, -0.1) is 0 Å². The van der Waals surface area contributed by atoms with Gasteiger partial charge in [-0.1, -0.05) is 23.9 Å². The summed E-state index contributed by atoms with van der Waals surface area (Å²) in [7, 11) is 1.64. The van der Waals surface area contributed by atoms with Crippen LogP contribution in [0.4, 0.5) is 0 Å². The van der Waals surface area contributed by atoms with Crippen molar-refractivity contribution < 1.29 is 14.3 Å². The third-order valence-corrected chi connectivity index (χ3v) is 7.11. The third kappa shape index (κ3) is 5.72. The lowest BCUT2D eigenvalue weighted by molar-refractivity contribution is -0.118. The fourth-order valence-corrected chi connectivity index (χ4v) is 5.28. The molecular weight excluding hydrogens is 426 g/mol. The number of nitrogens with one attached hydrogen (secondary N) is 1. The Hall–Kier alpha value is -2.32. The van der Waals surface area contributed by atoms with Gasteiger partial charge in [0.1, 0.15) is 10.8 Å². The normalized spacial score (nSPS) is 17.7. The molecule has 7 nitrogen and oxygen atoms in total. The van der Waals surface area contributed by atoms with Crippen LogP contribution in [0.2, 0.25) is 0 Å². The maximum atomic E-state index is 12.8. The quantitative estimate of drug-likeness (QED) is 0.461. The molecule has 0 bridgehead atoms. The third-order valence-electron chi connectivity index (χ3n) is 6.10. The van der Waals surface area contributed by atoms with Gasteiger partial charge in [-0.25, -0.2) is 4.79 Å². The lowest BCUT2D eigenvalue weighted by Crippen LogP contribution is -2.34. The summed E-state index contributed by atoms with van der Waals surface area (Å²) in [6.07, 6.45) is 6.89. The highest BCUT2D eigenvalue weighted by Gasteiger charge is 2.24. The number of hydrogen-bond donors (Lipinski definition) is 1. The van der Waals surface area contributed by atoms with Crippen LogP contribution in [0.5, 0.6) is 5.75 Å². The first kappa shape index (κ1) is 22.9. The summed E-state index contributed by atoms with van der Waals surface area (Å²) in [6, 6.07) is 7.84. The minimum atomic E-state index is -0.219. The number of carbonyl (C=O) groups is 1. The van der Waals surface area contributed by atoms with Crippen LogP contribution in [-0.4, -0.2) is 47.6 Å². The van der Waals surface area contributed by atoms with E-state index in [0.29, 0.717) is 13.1 Å². The van der Waals surface area contributed by atoms with E-state index in [2.05, 4.69) is 10.3 Å². The van der Waals surface area contributed by atoms with E-state index in [1.807, 2.05) is 28.8 Å². The molecule has 1 aromatic heterocycles. The number of benzene rings is 1. The molecule has 2 aromatic rings. The van der Waals surface area contributed by atoms with Crippen LogP contribution >= 0.6 is 11.8 Å². The molecule has 1 aromatic carbocycles. The molecule has 1 saturated heterocycles. The lowest BCUT2D eigenvalue weighted by atomic mass is 9.97. The zero-order chi connectivity index (χ0) is 22.3. The number of amides is 1. The van der Waals surface area contributed by atoms with Gasteiger partial charge in [0.2, 0.25) is 5.91 Å². The van der Waals surface area contributed by atoms with Crippen molar-refractivity contribution in [3.63, 3.8) is 0 Å². The van der Waals surface area contributed by atoms with E-state index in [9.17, 15) is 9.59 Å². The van der Waals surface area contributed by atoms with Crippen LogP contribution in [0.15, 0.2) is 34.1 Å². The first-order chi connectivity index (χ1) is 15.6. The van der Waals surface area contributed by atoms with Crippen LogP contribution in [0.1, 0.15) is 42.5 Å². The van der Waals surface area contributed by atoms with Crippen molar-refractivity contribution >= 4 is 17.7 Å². The highest BCUT2D eigenvalue weighted by atomic mass is 32.2. The van der Waals surface area contributed by atoms with Gasteiger partial charge in [-0.2, -0.15) is 4.98 Å². The minimum Gasteiger partial charge on any atom is -0.497 e. The van der Waals surface area contributed by atoms with Crippen molar-refractivity contribution in [2.24, 2.45) is 0 Å². The van der Waals surface area contributed by atoms with Gasteiger partial charge in [-0.05, 0) is 62.6 Å². The molecule has 0 saturated carbocycles. The molecule has 1 atom stereocenters. The molecule has 1 aliphatic carbocycles. The minimum absolute atomic E-state index is 0.0431. The SMILES string of the molecule is COc1ccc(CCNC(=O)CSc2nc(=O)n(CC3CCCO3)c3c2CCCC3)cc1. The second kappa shape index (κ2) is 11.0. The summed E-state index contributed by atoms with van der Waals surface area (Å²) in [5, 5.41) is 3.69. The number of thioether (sulfide) groups is 1. The lowest BCUT2D eigenvalue weighted by Gasteiger charge is -2.24. The maximum Gasteiger partial charge on any atom is 0.348 e. The van der Waals surface area contributed by atoms with Gasteiger partial charge >= 0.3 is 5.69 Å². The summed E-state index contributed by atoms with van der Waals surface area (Å²) in [5.41, 5.74) is 3.16. The number of methoxy groups -OCH3 is 1. The van der Waals surface area contributed by atoms with Crippen molar-refractivity contribution in [3.05, 3.63) is 51.6 Å². The zero-order valence-corrected chi connectivity index (χ0v) is 19.4. The molecule has 8 heteroatoms. The predicted octanol–water partition coefficient (Wildman–Crippen LogP) is 2.76. The summed E-state index contributed by atoms with van der Waals surface area (Å²) in [6.45, 7) is 1.93. The van der Waals surface area contributed by atoms with Gasteiger partial charge in [0.15, 0.2) is 0 Å². The highest BCUT2D eigenvalue weighted by Crippen LogP contribution is 2.29. The number of hydrogen-bond acceptors (Lipinski definition) is 6. The number of nitrogens with zero attached hydrogens (tertiary/aromatic N) is 2. The van der Waals surface area contributed by atoms with E-state index in [-0.39, 0.29) is 23.5 Å². The summed E-state index contributed by atoms with van der Waals surface area (Å²) in [5.74, 6) is 1.04. The van der Waals surface area contributed by atoms with Gasteiger partial charge < -0.3 is 14.8 Å². The number of rotatable bonds is 9. The van der Waals surface area contributed by atoms with Crippen LogP contribution in [-0.2, 0) is 35.3 Å². The van der Waals surface area contributed by atoms with E-state index in [0.717, 1.165) is 79.1 Å². The summed E-state index contributed by atoms with van der Waals surface area (Å²) < 4.78 is 12.7. The average molecular weight is 458 g/mol. The van der Waals surface area contributed by atoms with Crippen molar-refractivity contribution in [3.8, 4) is 5.75 Å². The first-order valence-corrected chi connectivity index (χ1v) is 12.4. The first-order valence-electron chi connectivity index (χ1n) is 11.4. The number of fused-ring (bicyclic) bond motifs is 1. The Labute approximate surface area is 192 Å². The van der Waals surface area contributed by atoms with Gasteiger partial charge in [0.05, 0.1) is 25.5 Å². The smallest absolute Gasteiger partial charge is 0.348 e. The second-order valence-corrected chi connectivity index (χ2v) is 9.28. The Morgan fingerprint density at radius 3 is 2.81 bits per heavy atom. The Morgan fingerprint density at radius 2 is 2.06 bits per heavy atom. The Bertz CT molecular complexity index is 984. The molecule has 2 aliphatic rings. The molecule has 1 unspecified atom stereocenters. The highest BCUT2D eigenvalue weighted by molar-refractivity contribution is 7.99. The average Bonchev–Trinajstić information content (AvgIpc) is 3.33. The summed E-state index contributed by atoms with van der Waals surface area (Å²) >= 11 is 1.38. The Morgan fingerprint density at radius 1 is 1.25 bits per heavy atom. The van der Waals surface area contributed by atoms with Gasteiger partial charge in [-0.3, -0.25) is 9.36 Å². The molecular formula is C24H31N3O4S. The molecule has 32 heavy (non-hydrogen) atoms. The van der Waals surface area contributed by atoms with Crippen molar-refractivity contribution in [1.29, 1.82) is 0 Å². The Kier molecular flexibility index (Phi) is 7.86. The molecule has 2 heterocycles. The van der Waals surface area contributed by atoms with Crippen LogP contribution < -0.4 is 15.7 Å². The van der Waals surface area contributed by atoms with E-state index in [1.54, 1.807) is 7.11 Å². The maximum absolute atomic E-state index is 12.8. The number of aromatic nitrogens is 2. The van der Waals surface area contributed by atoms with Crippen molar-refractivity contribution in [1.82, 2.24) is 14.9 Å². The van der Waals surface area contributed by atoms with E-state index in [4.69, 9.17) is 9.47 Å². The van der Waals surface area contributed by atoms with Crippen LogP contribution in [0, 0.1) is 0 Å². The fraction of sp³-hybridized carbons (Fsp3) is 0.542. The molecule has 1 amide bonds. The molecule has 172 valence electrons. The van der Waals surface area contributed by atoms with Gasteiger partial charge in [0.25, 0.3) is 0 Å². The number of carbonyl (C=O) groups excluding carboxylic acids is 1. The summed E-state index contributed by atoms with van der Waals surface area (Å²) in [4.78, 5) is 29.5. The Balaban J connectivity index is 1.34. The molecule has 0 radical (unpaired) electrons. The fourth-order valence-electron chi connectivity index (χ4n) is 4.37. The zero-order valence-electron chi connectivity index (χ0n) is 18.6. The van der Waals surface area contributed by atoms with E-state index in [1.165, 1.54) is 11.8 Å². The molecule has 1 aliphatic heterocycles. The molecule has 1 N–H and O–H groups in total. The topological polar surface area (TPSA) is 82.5 Å². The largest absolute Gasteiger partial charge is 0.497 e. The number of ether oxygens (including phenoxy) is 2. The molecule has 4 rings (SSSR count). The van der Waals surface area contributed by atoms with Gasteiger partial charge in [0, 0.05) is 24.4 Å². The predicted molar refractivity (Wildman–Crippen MR) is 125 cm³/mol. The van der Waals surface area contributed by atoms with Crippen LogP contribution in [0.3, 0.4) is 0 Å². The van der Waals surface area contributed by atoms with Crippen molar-refractivity contribution in [2.45, 2.75) is 62.6 Å².